The summed E-state index contributed by atoms with van der Waals surface area (Å²) in [5.41, 5.74) is 0.263. The number of carbonyl (C=O) groups is 2. The minimum atomic E-state index is -4.76. The molecule has 0 aliphatic rings. The van der Waals surface area contributed by atoms with Crippen LogP contribution in [0.2, 0.25) is 0 Å². The normalized spacial score (nSPS) is 11.9. The van der Waals surface area contributed by atoms with Crippen molar-refractivity contribution in [1.82, 2.24) is 0 Å². The molecule has 2 rings (SSSR count). The van der Waals surface area contributed by atoms with E-state index in [2.05, 4.69) is 5.32 Å². The van der Waals surface area contributed by atoms with E-state index in [0.717, 1.165) is 30.3 Å². The van der Waals surface area contributed by atoms with Crippen LogP contribution in [-0.2, 0) is 29.4 Å². The molecule has 0 heterocycles. The van der Waals surface area contributed by atoms with E-state index in [-0.39, 0.29) is 16.1 Å². The fourth-order valence-electron chi connectivity index (χ4n) is 2.28. The molecule has 0 atom stereocenters. The Labute approximate surface area is 170 Å². The zero-order chi connectivity index (χ0) is 22.7. The van der Waals surface area contributed by atoms with Crippen LogP contribution in [0, 0.1) is 6.92 Å². The molecule has 162 valence electrons. The SMILES string of the molecule is Cc1ccc(C(=O)OCC(=O)Nc2ccc(S(=O)(=O)C(F)F)cc2)cc1S(N)(=O)=O. The molecule has 0 saturated heterocycles. The van der Waals surface area contributed by atoms with E-state index in [0.29, 0.717) is 5.56 Å². The van der Waals surface area contributed by atoms with Gasteiger partial charge in [-0.1, -0.05) is 6.07 Å². The molecule has 0 radical (unpaired) electrons. The molecule has 0 saturated carbocycles. The van der Waals surface area contributed by atoms with Gasteiger partial charge in [-0.3, -0.25) is 4.79 Å². The highest BCUT2D eigenvalue weighted by Crippen LogP contribution is 2.20. The number of anilines is 1. The number of alkyl halides is 2. The van der Waals surface area contributed by atoms with Crippen LogP contribution in [0.25, 0.3) is 0 Å². The zero-order valence-electron chi connectivity index (χ0n) is 15.3. The minimum absolute atomic E-state index is 0.0797. The number of hydrogen-bond acceptors (Lipinski definition) is 7. The number of nitrogens with two attached hydrogens (primary N) is 1. The maximum Gasteiger partial charge on any atom is 0.341 e. The Morgan fingerprint density at radius 3 is 2.20 bits per heavy atom. The second-order valence-corrected chi connectivity index (χ2v) is 9.43. The van der Waals surface area contributed by atoms with Crippen LogP contribution in [0.4, 0.5) is 14.5 Å². The number of hydrogen-bond donors (Lipinski definition) is 2. The third-order valence-corrected chi connectivity index (χ3v) is 6.22. The first kappa shape index (κ1) is 23.4. The quantitative estimate of drug-likeness (QED) is 0.591. The number of sulfonamides is 1. The number of sulfone groups is 1. The van der Waals surface area contributed by atoms with E-state index in [1.807, 2.05) is 0 Å². The number of amides is 1. The summed E-state index contributed by atoms with van der Waals surface area (Å²) in [6, 6.07) is 7.64. The molecule has 0 aliphatic heterocycles. The monoisotopic (exact) mass is 462 g/mol. The number of esters is 1. The van der Waals surface area contributed by atoms with Crippen LogP contribution in [0.5, 0.6) is 0 Å². The average Bonchev–Trinajstić information content (AvgIpc) is 2.66. The standard InChI is InChI=1S/C17H16F2N2O7S2/c1-10-2-3-11(8-14(10)30(20,26)27)16(23)28-9-15(22)21-12-4-6-13(7-5-12)29(24,25)17(18)19/h2-8,17H,9H2,1H3,(H,21,22)(H2,20,26,27). The number of ether oxygens (including phenoxy) is 1. The summed E-state index contributed by atoms with van der Waals surface area (Å²) < 4.78 is 75.5. The molecule has 1 amide bonds. The highest BCUT2D eigenvalue weighted by molar-refractivity contribution is 7.91. The number of halogens is 2. The zero-order valence-corrected chi connectivity index (χ0v) is 17.0. The van der Waals surface area contributed by atoms with E-state index in [9.17, 15) is 35.2 Å². The predicted octanol–water partition coefficient (Wildman–Crippen LogP) is 1.43. The molecular weight excluding hydrogens is 446 g/mol. The molecular formula is C17H16F2N2O7S2. The molecule has 0 aromatic heterocycles. The van der Waals surface area contributed by atoms with E-state index in [1.165, 1.54) is 19.1 Å². The molecule has 0 unspecified atom stereocenters. The molecule has 13 heteroatoms. The Morgan fingerprint density at radius 2 is 1.67 bits per heavy atom. The van der Waals surface area contributed by atoms with E-state index in [4.69, 9.17) is 9.88 Å². The minimum Gasteiger partial charge on any atom is -0.452 e. The Kier molecular flexibility index (Phi) is 6.90. The number of primary sulfonamides is 1. The van der Waals surface area contributed by atoms with Crippen molar-refractivity contribution in [3.63, 3.8) is 0 Å². The summed E-state index contributed by atoms with van der Waals surface area (Å²) in [5, 5.41) is 7.35. The van der Waals surface area contributed by atoms with Crippen LogP contribution >= 0.6 is 0 Å². The number of benzene rings is 2. The van der Waals surface area contributed by atoms with Crippen molar-refractivity contribution in [2.45, 2.75) is 22.5 Å². The third kappa shape index (κ3) is 5.58. The molecule has 2 aromatic rings. The van der Waals surface area contributed by atoms with Crippen molar-refractivity contribution >= 4 is 37.4 Å². The second kappa shape index (κ2) is 8.85. The highest BCUT2D eigenvalue weighted by Gasteiger charge is 2.26. The van der Waals surface area contributed by atoms with Gasteiger partial charge in [-0.2, -0.15) is 8.78 Å². The fraction of sp³-hybridized carbons (Fsp3) is 0.176. The van der Waals surface area contributed by atoms with Crippen LogP contribution in [0.1, 0.15) is 15.9 Å². The summed E-state index contributed by atoms with van der Waals surface area (Å²) in [6.45, 7) is 0.745. The molecule has 0 spiro atoms. The van der Waals surface area contributed by atoms with Crippen molar-refractivity contribution in [3.05, 3.63) is 53.6 Å². The second-order valence-electron chi connectivity index (χ2n) is 5.98. The lowest BCUT2D eigenvalue weighted by atomic mass is 10.1. The fourth-order valence-corrected chi connectivity index (χ4v) is 3.81. The van der Waals surface area contributed by atoms with Crippen LogP contribution in [0.15, 0.2) is 52.3 Å². The molecule has 9 nitrogen and oxygen atoms in total. The van der Waals surface area contributed by atoms with E-state index >= 15 is 0 Å². The van der Waals surface area contributed by atoms with Gasteiger partial charge in [0.15, 0.2) is 6.61 Å². The van der Waals surface area contributed by atoms with E-state index < -0.39 is 49.0 Å². The first-order chi connectivity index (χ1) is 13.8. The maximum atomic E-state index is 12.5. The van der Waals surface area contributed by atoms with Crippen molar-refractivity contribution in [2.24, 2.45) is 5.14 Å². The number of rotatable bonds is 7. The lowest BCUT2D eigenvalue weighted by Crippen LogP contribution is -2.21. The lowest BCUT2D eigenvalue weighted by Gasteiger charge is -2.09. The number of aryl methyl sites for hydroxylation is 1. The molecule has 0 bridgehead atoms. The Balaban J connectivity index is 2.01. The summed E-state index contributed by atoms with van der Waals surface area (Å²) >= 11 is 0. The summed E-state index contributed by atoms with van der Waals surface area (Å²) in [6.07, 6.45) is 0. The van der Waals surface area contributed by atoms with Gasteiger partial charge in [0.2, 0.25) is 19.9 Å². The van der Waals surface area contributed by atoms with Crippen molar-refractivity contribution in [3.8, 4) is 0 Å². The van der Waals surface area contributed by atoms with Gasteiger partial charge in [0.05, 0.1) is 15.4 Å². The summed E-state index contributed by atoms with van der Waals surface area (Å²) in [7, 11) is -8.82. The molecule has 0 fully saturated rings. The molecule has 2 aromatic carbocycles. The van der Waals surface area contributed by atoms with Crippen molar-refractivity contribution in [1.29, 1.82) is 0 Å². The first-order valence-electron chi connectivity index (χ1n) is 8.05. The van der Waals surface area contributed by atoms with Crippen molar-refractivity contribution in [2.75, 3.05) is 11.9 Å². The lowest BCUT2D eigenvalue weighted by molar-refractivity contribution is -0.119. The van der Waals surface area contributed by atoms with Gasteiger partial charge in [0, 0.05) is 5.69 Å². The largest absolute Gasteiger partial charge is 0.452 e. The van der Waals surface area contributed by atoms with Crippen LogP contribution < -0.4 is 10.5 Å². The number of carbonyl (C=O) groups excluding carboxylic acids is 2. The van der Waals surface area contributed by atoms with Crippen LogP contribution in [-0.4, -0.2) is 41.1 Å². The van der Waals surface area contributed by atoms with Gasteiger partial charge >= 0.3 is 11.7 Å². The Hall–Kier alpha value is -2.90. The Morgan fingerprint density at radius 1 is 1.07 bits per heavy atom. The molecule has 3 N–H and O–H groups in total. The van der Waals surface area contributed by atoms with Gasteiger partial charge in [-0.25, -0.2) is 26.8 Å². The summed E-state index contributed by atoms with van der Waals surface area (Å²) in [5.74, 6) is -5.35. The van der Waals surface area contributed by atoms with Gasteiger partial charge in [-0.15, -0.1) is 0 Å². The number of nitrogens with one attached hydrogen (secondary N) is 1. The molecule has 30 heavy (non-hydrogen) atoms. The average molecular weight is 462 g/mol. The van der Waals surface area contributed by atoms with E-state index in [1.54, 1.807) is 0 Å². The van der Waals surface area contributed by atoms with Gasteiger partial charge < -0.3 is 10.1 Å². The summed E-state index contributed by atoms with van der Waals surface area (Å²) in [4.78, 5) is 23.0. The first-order valence-corrected chi connectivity index (χ1v) is 11.1. The topological polar surface area (TPSA) is 150 Å². The van der Waals surface area contributed by atoms with Crippen LogP contribution in [0.3, 0.4) is 0 Å². The van der Waals surface area contributed by atoms with Gasteiger partial charge in [0.1, 0.15) is 0 Å². The van der Waals surface area contributed by atoms with Gasteiger partial charge in [0.25, 0.3) is 5.91 Å². The highest BCUT2D eigenvalue weighted by atomic mass is 32.2. The van der Waals surface area contributed by atoms with Crippen molar-refractivity contribution < 1.29 is 39.9 Å². The third-order valence-electron chi connectivity index (χ3n) is 3.77. The smallest absolute Gasteiger partial charge is 0.341 e. The maximum absolute atomic E-state index is 12.5. The Bertz CT molecular complexity index is 1180. The molecule has 0 aliphatic carbocycles. The van der Waals surface area contributed by atoms with Gasteiger partial charge in [-0.05, 0) is 48.9 Å². The predicted molar refractivity (Wildman–Crippen MR) is 101 cm³/mol.